The number of nitrogens with one attached hydrogen (secondary N) is 1. The fraction of sp³-hybridized carbons (Fsp3) is 0.763. The maximum Gasteiger partial charge on any atom is 0.408 e. The Morgan fingerprint density at radius 2 is 1.74 bits per heavy atom. The van der Waals surface area contributed by atoms with Gasteiger partial charge in [-0.05, 0) is 73.5 Å². The normalized spacial score (nSPS) is 35.4. The summed E-state index contributed by atoms with van der Waals surface area (Å²) in [5.41, 5.74) is -0.137. The third-order valence-electron chi connectivity index (χ3n) is 9.57. The Kier molecular flexibility index (Phi) is 18.2. The molecule has 15 nitrogen and oxygen atoms in total. The van der Waals surface area contributed by atoms with E-state index in [4.69, 9.17) is 23.7 Å². The number of rotatable bonds is 10. The Labute approximate surface area is 313 Å². The zero-order chi connectivity index (χ0) is 40.2. The van der Waals surface area contributed by atoms with Gasteiger partial charge in [0.2, 0.25) is 0 Å². The Morgan fingerprint density at radius 1 is 1.08 bits per heavy atom. The number of ether oxygens (including phenoxy) is 5. The van der Waals surface area contributed by atoms with Crippen molar-refractivity contribution in [2.45, 2.75) is 136 Å². The quantitative estimate of drug-likeness (QED) is 0.144. The number of nitrogens with zero attached hydrogens (tertiary/aromatic N) is 1. The van der Waals surface area contributed by atoms with Gasteiger partial charge in [0, 0.05) is 24.2 Å². The van der Waals surface area contributed by atoms with Crippen molar-refractivity contribution in [3.63, 3.8) is 0 Å². The molecule has 0 aromatic rings. The maximum atomic E-state index is 13.4. The lowest BCUT2D eigenvalue weighted by atomic mass is 9.79. The first kappa shape index (κ1) is 45.9. The number of alkyl carbamates (subject to hydrolysis) is 1. The van der Waals surface area contributed by atoms with Crippen LogP contribution in [-0.2, 0) is 42.9 Å². The number of ketones is 1. The van der Waals surface area contributed by atoms with Gasteiger partial charge < -0.3 is 54.0 Å². The number of amides is 1. The minimum Gasteiger partial charge on any atom is -0.464 e. The summed E-state index contributed by atoms with van der Waals surface area (Å²) in [5, 5.41) is 35.8. The van der Waals surface area contributed by atoms with Crippen molar-refractivity contribution in [3.05, 3.63) is 23.8 Å². The van der Waals surface area contributed by atoms with Crippen molar-refractivity contribution >= 4 is 30.1 Å². The minimum atomic E-state index is -1.35. The zero-order valence-electron chi connectivity index (χ0n) is 32.9. The molecule has 0 saturated carbocycles. The molecule has 0 radical (unpaired) electrons. The molecule has 1 amide bonds. The number of carbonyl (C=O) groups is 5. The van der Waals surface area contributed by atoms with E-state index in [0.29, 0.717) is 18.3 Å². The summed E-state index contributed by atoms with van der Waals surface area (Å²) in [4.78, 5) is 65.0. The van der Waals surface area contributed by atoms with Crippen molar-refractivity contribution < 1.29 is 63.0 Å². The number of allylic oxidation sites excluding steroid dienone is 3. The largest absolute Gasteiger partial charge is 0.464 e. The molecule has 0 bridgehead atoms. The van der Waals surface area contributed by atoms with Crippen LogP contribution in [0.3, 0.4) is 0 Å². The molecule has 15 heteroatoms. The van der Waals surface area contributed by atoms with Crippen LogP contribution in [0.5, 0.6) is 0 Å². The highest BCUT2D eigenvalue weighted by atomic mass is 16.7. The van der Waals surface area contributed by atoms with Crippen LogP contribution in [-0.4, -0.2) is 132 Å². The van der Waals surface area contributed by atoms with E-state index >= 15 is 0 Å². The first-order valence-electron chi connectivity index (χ1n) is 18.4. The first-order valence-corrected chi connectivity index (χ1v) is 18.4. The lowest BCUT2D eigenvalue weighted by molar-refractivity contribution is -0.304. The molecule has 1 fully saturated rings. The molecule has 2 aliphatic heterocycles. The monoisotopic (exact) mass is 754 g/mol. The van der Waals surface area contributed by atoms with Crippen LogP contribution >= 0.6 is 0 Å². The smallest absolute Gasteiger partial charge is 0.408 e. The van der Waals surface area contributed by atoms with E-state index in [1.807, 2.05) is 0 Å². The van der Waals surface area contributed by atoms with Gasteiger partial charge in [0.05, 0.1) is 36.9 Å². The highest BCUT2D eigenvalue weighted by Gasteiger charge is 2.47. The lowest BCUT2D eigenvalue weighted by Gasteiger charge is -2.46. The molecule has 2 aliphatic rings. The molecule has 1 unspecified atom stereocenters. The zero-order valence-corrected chi connectivity index (χ0v) is 32.9. The van der Waals surface area contributed by atoms with Gasteiger partial charge in [-0.25, -0.2) is 4.79 Å². The summed E-state index contributed by atoms with van der Waals surface area (Å²) >= 11 is 0. The number of aldehydes is 1. The van der Waals surface area contributed by atoms with Crippen LogP contribution in [0, 0.1) is 23.7 Å². The van der Waals surface area contributed by atoms with Crippen LogP contribution in [0.1, 0.15) is 81.1 Å². The van der Waals surface area contributed by atoms with E-state index < -0.39 is 109 Å². The second-order valence-electron chi connectivity index (χ2n) is 15.5. The molecule has 0 aromatic heterocycles. The molecule has 0 aliphatic carbocycles. The lowest BCUT2D eigenvalue weighted by Crippen LogP contribution is -2.63. The summed E-state index contributed by atoms with van der Waals surface area (Å²) in [6, 6.07) is -0.754. The first-order chi connectivity index (χ1) is 24.7. The van der Waals surface area contributed by atoms with Crippen molar-refractivity contribution in [2.75, 3.05) is 27.2 Å². The average Bonchev–Trinajstić information content (AvgIpc) is 3.06. The van der Waals surface area contributed by atoms with E-state index in [-0.39, 0.29) is 25.2 Å². The number of aliphatic hydroxyl groups excluding tert-OH is 3. The molecule has 12 atom stereocenters. The molecule has 4 N–H and O–H groups in total. The fourth-order valence-electron chi connectivity index (χ4n) is 6.61. The molecule has 302 valence electrons. The highest BCUT2D eigenvalue weighted by molar-refractivity contribution is 5.91. The molecular formula is C38H62N2O13. The Bertz CT molecular complexity index is 1290. The number of cyclic esters (lactones) is 1. The van der Waals surface area contributed by atoms with Crippen LogP contribution in [0.4, 0.5) is 4.79 Å². The van der Waals surface area contributed by atoms with Crippen molar-refractivity contribution in [3.8, 4) is 0 Å². The predicted molar refractivity (Wildman–Crippen MR) is 193 cm³/mol. The Balaban J connectivity index is 2.42. The summed E-state index contributed by atoms with van der Waals surface area (Å²) in [5.74, 6) is -4.43. The molecule has 2 rings (SSSR count). The molecule has 1 saturated heterocycles. The average molecular weight is 755 g/mol. The van der Waals surface area contributed by atoms with Gasteiger partial charge in [-0.15, -0.1) is 0 Å². The highest BCUT2D eigenvalue weighted by Crippen LogP contribution is 2.34. The summed E-state index contributed by atoms with van der Waals surface area (Å²) in [6.45, 7) is 12.9. The van der Waals surface area contributed by atoms with Gasteiger partial charge in [-0.2, -0.15) is 0 Å². The van der Waals surface area contributed by atoms with Crippen LogP contribution in [0.15, 0.2) is 23.8 Å². The van der Waals surface area contributed by atoms with Gasteiger partial charge in [0.1, 0.15) is 37.2 Å². The standard InChI is InChI=1S/C38H62N2O13/c1-11-29-26(20-49-31(45)19-39-37(48)53-38(6,7)8)16-21(2)12-13-27(42)22(3)17-25(14-15-41)35(23(4)28(43)18-30(44)51-29)52-36-34(47)32(40(9)10)33(46)24(5)50-36/h12-13,15-16,22-26,28-29,32-36,43,46-47H,11,14,17-20H2,1-10H3,(H,39,48)/b13-12+,21-16+/t22-,23+,24-,25?,26-,28-,29-,32+,33-,34-,35-,36-/m1/s1. The predicted octanol–water partition coefficient (Wildman–Crippen LogP) is 2.48. The number of carbonyl (C=O) groups excluding carboxylic acids is 5. The third kappa shape index (κ3) is 14.5. The molecule has 2 heterocycles. The number of esters is 2. The summed E-state index contributed by atoms with van der Waals surface area (Å²) in [7, 11) is 3.40. The van der Waals surface area contributed by atoms with Crippen LogP contribution in [0.25, 0.3) is 0 Å². The SMILES string of the molecule is CC[C@H]1OC(=O)C[C@@H](O)[C@H](C)[C@@H](O[C@H]2O[C@H](C)[C@@H](O)[C@H](N(C)C)[C@H]2O)C(CC=O)C[C@@H](C)C(=O)/C=C/C(C)=C/[C@@H]1COC(=O)CNC(=O)OC(C)(C)C. The maximum absolute atomic E-state index is 13.4. The van der Waals surface area contributed by atoms with E-state index in [2.05, 4.69) is 5.32 Å². The number of aliphatic hydroxyl groups is 3. The van der Waals surface area contributed by atoms with E-state index in [1.165, 1.54) is 6.08 Å². The van der Waals surface area contributed by atoms with E-state index in [9.17, 15) is 39.3 Å². The van der Waals surface area contributed by atoms with E-state index in [1.54, 1.807) is 86.5 Å². The second-order valence-corrected chi connectivity index (χ2v) is 15.5. The molecule has 53 heavy (non-hydrogen) atoms. The minimum absolute atomic E-state index is 0.0455. The Morgan fingerprint density at radius 3 is 2.32 bits per heavy atom. The van der Waals surface area contributed by atoms with Gasteiger partial charge >= 0.3 is 18.0 Å². The second kappa shape index (κ2) is 21.0. The number of likely N-dealkylation sites (N-methyl/N-ethyl adjacent to an activating group) is 1. The van der Waals surface area contributed by atoms with E-state index in [0.717, 1.165) is 0 Å². The summed E-state index contributed by atoms with van der Waals surface area (Å²) in [6.07, 6.45) is -2.86. The van der Waals surface area contributed by atoms with Crippen molar-refractivity contribution in [2.24, 2.45) is 23.7 Å². The van der Waals surface area contributed by atoms with Gasteiger partial charge in [-0.1, -0.05) is 38.5 Å². The topological polar surface area (TPSA) is 207 Å². The molecule has 0 aromatic carbocycles. The fourth-order valence-corrected chi connectivity index (χ4v) is 6.61. The van der Waals surface area contributed by atoms with Gasteiger partial charge in [-0.3, -0.25) is 14.4 Å². The van der Waals surface area contributed by atoms with Crippen molar-refractivity contribution in [1.82, 2.24) is 10.2 Å². The molecular weight excluding hydrogens is 692 g/mol. The van der Waals surface area contributed by atoms with Gasteiger partial charge in [0.25, 0.3) is 0 Å². The number of hydrogen-bond donors (Lipinski definition) is 4. The van der Waals surface area contributed by atoms with Crippen LogP contribution < -0.4 is 5.32 Å². The Hall–Kier alpha value is -3.21. The van der Waals surface area contributed by atoms with Gasteiger partial charge in [0.15, 0.2) is 12.1 Å². The van der Waals surface area contributed by atoms with Crippen LogP contribution in [0.2, 0.25) is 0 Å². The van der Waals surface area contributed by atoms with Crippen molar-refractivity contribution in [1.29, 1.82) is 0 Å². The third-order valence-corrected chi connectivity index (χ3v) is 9.57. The summed E-state index contributed by atoms with van der Waals surface area (Å²) < 4.78 is 28.7. The number of hydrogen-bond acceptors (Lipinski definition) is 14. The molecule has 0 spiro atoms.